The van der Waals surface area contributed by atoms with Crippen molar-refractivity contribution in [3.8, 4) is 0 Å². The highest BCUT2D eigenvalue weighted by atomic mass is 35.5. The fourth-order valence-corrected chi connectivity index (χ4v) is 2.75. The number of nitrogens with one attached hydrogen (secondary N) is 2. The molecule has 2 rings (SSSR count). The predicted octanol–water partition coefficient (Wildman–Crippen LogP) is 2.61. The average molecular weight is 391 g/mol. The summed E-state index contributed by atoms with van der Waals surface area (Å²) in [5.74, 6) is -1.40. The number of halogens is 2. The van der Waals surface area contributed by atoms with Crippen LogP contribution in [0.15, 0.2) is 29.6 Å². The lowest BCUT2D eigenvalue weighted by Crippen LogP contribution is -2.16. The number of hydrogen-bond donors (Lipinski definition) is 2. The fraction of sp³-hybridized carbons (Fsp3) is 0.154. The van der Waals surface area contributed by atoms with E-state index in [9.17, 15) is 17.6 Å². The summed E-state index contributed by atoms with van der Waals surface area (Å²) < 4.78 is 38.1. The van der Waals surface area contributed by atoms with E-state index in [2.05, 4.69) is 15.3 Å². The molecule has 0 fully saturated rings. The van der Waals surface area contributed by atoms with Crippen molar-refractivity contribution in [3.63, 3.8) is 0 Å². The lowest BCUT2D eigenvalue weighted by atomic mass is 10.2. The second kappa shape index (κ2) is 7.32. The third kappa shape index (κ3) is 4.79. The maximum Gasteiger partial charge on any atom is 0.275 e. The first-order valence-corrected chi connectivity index (χ1v) is 9.84. The molecule has 24 heavy (non-hydrogen) atoms. The number of nitrogens with zero attached hydrogens (tertiary/aromatic N) is 2. The summed E-state index contributed by atoms with van der Waals surface area (Å²) in [5, 5.41) is 2.90. The largest absolute Gasteiger partial charge is 0.321 e. The summed E-state index contributed by atoms with van der Waals surface area (Å²) in [4.78, 5) is 20.2. The molecule has 7 nitrogen and oxygen atoms in total. The molecule has 1 aromatic heterocycles. The molecular formula is C13H12ClFN4O3S2. The van der Waals surface area contributed by atoms with E-state index in [1.807, 2.05) is 4.72 Å². The van der Waals surface area contributed by atoms with Crippen LogP contribution >= 0.6 is 23.4 Å². The minimum absolute atomic E-state index is 0.0436. The van der Waals surface area contributed by atoms with Gasteiger partial charge in [0, 0.05) is 5.69 Å². The Hall–Kier alpha value is -1.91. The lowest BCUT2D eigenvalue weighted by molar-refractivity contribution is 0.102. The lowest BCUT2D eigenvalue weighted by Gasteiger charge is -2.10. The van der Waals surface area contributed by atoms with Crippen molar-refractivity contribution in [1.29, 1.82) is 0 Å². The Bertz CT molecular complexity index is 893. The van der Waals surface area contributed by atoms with Crippen molar-refractivity contribution in [1.82, 2.24) is 9.97 Å². The van der Waals surface area contributed by atoms with Gasteiger partial charge in [0.05, 0.1) is 23.2 Å². The number of thioether (sulfide) groups is 1. The molecule has 0 aliphatic heterocycles. The highest BCUT2D eigenvalue weighted by Gasteiger charge is 2.16. The van der Waals surface area contributed by atoms with Crippen molar-refractivity contribution < 1.29 is 17.6 Å². The standard InChI is InChI=1S/C13H12ClFN4O3S2/c1-23-13-16-6-8(14)11(18-13)12(20)17-7-3-4-9(15)10(5-7)19-24(2,21)22/h3-6,19H,1-2H3,(H,17,20). The van der Waals surface area contributed by atoms with E-state index in [1.165, 1.54) is 24.0 Å². The van der Waals surface area contributed by atoms with Crippen LogP contribution in [0.5, 0.6) is 0 Å². The van der Waals surface area contributed by atoms with Gasteiger partial charge in [-0.15, -0.1) is 0 Å². The van der Waals surface area contributed by atoms with Crippen molar-refractivity contribution >= 4 is 50.7 Å². The Morgan fingerprint density at radius 1 is 1.38 bits per heavy atom. The Kier molecular flexibility index (Phi) is 5.62. The van der Waals surface area contributed by atoms with E-state index < -0.39 is 21.7 Å². The number of sulfonamides is 1. The van der Waals surface area contributed by atoms with E-state index in [-0.39, 0.29) is 22.1 Å². The van der Waals surface area contributed by atoms with Crippen LogP contribution < -0.4 is 10.0 Å². The Labute approximate surface area is 147 Å². The zero-order chi connectivity index (χ0) is 17.9. The summed E-state index contributed by atoms with van der Waals surface area (Å²) in [6.07, 6.45) is 3.94. The number of hydrogen-bond acceptors (Lipinski definition) is 6. The number of carbonyl (C=O) groups excluding carboxylic acids is 1. The highest BCUT2D eigenvalue weighted by Crippen LogP contribution is 2.22. The number of aromatic nitrogens is 2. The molecule has 0 saturated carbocycles. The zero-order valence-corrected chi connectivity index (χ0v) is 14.9. The van der Waals surface area contributed by atoms with Gasteiger partial charge in [-0.25, -0.2) is 22.8 Å². The maximum atomic E-state index is 13.6. The molecule has 0 atom stereocenters. The van der Waals surface area contributed by atoms with Gasteiger partial charge in [0.1, 0.15) is 5.82 Å². The van der Waals surface area contributed by atoms with Crippen molar-refractivity contribution in [3.05, 3.63) is 40.9 Å². The van der Waals surface area contributed by atoms with Crippen LogP contribution in [0.4, 0.5) is 15.8 Å². The summed E-state index contributed by atoms with van der Waals surface area (Å²) in [5.41, 5.74) is -0.153. The van der Waals surface area contributed by atoms with E-state index >= 15 is 0 Å². The first kappa shape index (κ1) is 18.4. The number of anilines is 2. The number of carbonyl (C=O) groups is 1. The van der Waals surface area contributed by atoms with Gasteiger partial charge < -0.3 is 5.32 Å². The molecule has 0 saturated heterocycles. The first-order chi connectivity index (χ1) is 11.2. The van der Waals surface area contributed by atoms with E-state index in [0.29, 0.717) is 5.16 Å². The van der Waals surface area contributed by atoms with Crippen LogP contribution in [0.1, 0.15) is 10.5 Å². The molecule has 128 valence electrons. The van der Waals surface area contributed by atoms with E-state index in [4.69, 9.17) is 11.6 Å². The van der Waals surface area contributed by atoms with Gasteiger partial charge in [-0.1, -0.05) is 23.4 Å². The van der Waals surface area contributed by atoms with Gasteiger partial charge in [-0.3, -0.25) is 9.52 Å². The van der Waals surface area contributed by atoms with Crippen LogP contribution in [0, 0.1) is 5.82 Å². The predicted molar refractivity (Wildman–Crippen MR) is 91.6 cm³/mol. The van der Waals surface area contributed by atoms with Gasteiger partial charge >= 0.3 is 0 Å². The van der Waals surface area contributed by atoms with Crippen LogP contribution in [-0.2, 0) is 10.0 Å². The average Bonchev–Trinajstić information content (AvgIpc) is 2.49. The van der Waals surface area contributed by atoms with E-state index in [1.54, 1.807) is 6.26 Å². The van der Waals surface area contributed by atoms with Gasteiger partial charge in [-0.05, 0) is 24.5 Å². The Balaban J connectivity index is 2.28. The second-order valence-electron chi connectivity index (χ2n) is 4.58. The van der Waals surface area contributed by atoms with Gasteiger partial charge in [-0.2, -0.15) is 0 Å². The van der Waals surface area contributed by atoms with Gasteiger partial charge in [0.2, 0.25) is 10.0 Å². The molecule has 2 aromatic rings. The monoisotopic (exact) mass is 390 g/mol. The molecule has 0 radical (unpaired) electrons. The highest BCUT2D eigenvalue weighted by molar-refractivity contribution is 7.98. The summed E-state index contributed by atoms with van der Waals surface area (Å²) in [6, 6.07) is 3.46. The van der Waals surface area contributed by atoms with Crippen LogP contribution in [0.25, 0.3) is 0 Å². The van der Waals surface area contributed by atoms with Crippen molar-refractivity contribution in [2.75, 3.05) is 22.6 Å². The SMILES string of the molecule is CSc1ncc(Cl)c(C(=O)Nc2ccc(F)c(NS(C)(=O)=O)c2)n1. The topological polar surface area (TPSA) is 101 Å². The molecule has 0 bridgehead atoms. The number of amides is 1. The third-order valence-electron chi connectivity index (χ3n) is 2.64. The van der Waals surface area contributed by atoms with Crippen molar-refractivity contribution in [2.24, 2.45) is 0 Å². The first-order valence-electron chi connectivity index (χ1n) is 6.35. The second-order valence-corrected chi connectivity index (χ2v) is 7.51. The van der Waals surface area contributed by atoms with Crippen molar-refractivity contribution in [2.45, 2.75) is 5.16 Å². The smallest absolute Gasteiger partial charge is 0.275 e. The molecule has 0 aliphatic carbocycles. The summed E-state index contributed by atoms with van der Waals surface area (Å²) in [6.45, 7) is 0. The molecule has 1 aromatic carbocycles. The zero-order valence-electron chi connectivity index (χ0n) is 12.5. The number of benzene rings is 1. The minimum Gasteiger partial charge on any atom is -0.321 e. The molecule has 11 heteroatoms. The fourth-order valence-electron chi connectivity index (χ4n) is 1.68. The maximum absolute atomic E-state index is 13.6. The van der Waals surface area contributed by atoms with E-state index in [0.717, 1.165) is 18.4 Å². The molecule has 2 N–H and O–H groups in total. The van der Waals surface area contributed by atoms with Crippen LogP contribution in [0.2, 0.25) is 5.02 Å². The van der Waals surface area contributed by atoms with Gasteiger partial charge in [0.15, 0.2) is 10.9 Å². The summed E-state index contributed by atoms with van der Waals surface area (Å²) >= 11 is 7.15. The third-order valence-corrected chi connectivity index (χ3v) is 4.07. The number of rotatable bonds is 5. The Morgan fingerprint density at radius 2 is 2.08 bits per heavy atom. The summed E-state index contributed by atoms with van der Waals surface area (Å²) in [7, 11) is -3.66. The van der Waals surface area contributed by atoms with Crippen LogP contribution in [0.3, 0.4) is 0 Å². The van der Waals surface area contributed by atoms with Crippen LogP contribution in [-0.4, -0.2) is 36.8 Å². The quantitative estimate of drug-likeness (QED) is 0.601. The molecule has 0 unspecified atom stereocenters. The van der Waals surface area contributed by atoms with Gasteiger partial charge in [0.25, 0.3) is 5.91 Å². The minimum atomic E-state index is -3.66. The Morgan fingerprint density at radius 3 is 2.71 bits per heavy atom. The molecule has 1 heterocycles. The molecule has 0 spiro atoms. The molecule has 1 amide bonds. The molecule has 0 aliphatic rings. The molecular weight excluding hydrogens is 379 g/mol. The normalized spacial score (nSPS) is 11.2.